The highest BCUT2D eigenvalue weighted by atomic mass is 32.2. The fourth-order valence-electron chi connectivity index (χ4n) is 3.13. The monoisotopic (exact) mass is 378 g/mol. The largest absolute Gasteiger partial charge is 0.409 e. The van der Waals surface area contributed by atoms with Gasteiger partial charge in [0.25, 0.3) is 0 Å². The van der Waals surface area contributed by atoms with Gasteiger partial charge < -0.3 is 5.32 Å². The van der Waals surface area contributed by atoms with Crippen LogP contribution in [-0.2, 0) is 10.0 Å². The number of aryl methyl sites for hydroxylation is 1. The number of sulfonamides is 1. The summed E-state index contributed by atoms with van der Waals surface area (Å²) in [5, 5.41) is 2.80. The summed E-state index contributed by atoms with van der Waals surface area (Å²) in [7, 11) is -4.24. The maximum absolute atomic E-state index is 14.1. The van der Waals surface area contributed by atoms with Crippen LogP contribution >= 0.6 is 0 Å². The normalized spacial score (nSPS) is 23.2. The Labute approximate surface area is 147 Å². The molecule has 1 aromatic carbocycles. The molecule has 8 heteroatoms. The first-order chi connectivity index (χ1) is 11.5. The van der Waals surface area contributed by atoms with Crippen LogP contribution in [0.4, 0.5) is 13.2 Å². The Kier molecular flexibility index (Phi) is 5.85. The Bertz CT molecular complexity index is 687. The Morgan fingerprint density at radius 2 is 1.80 bits per heavy atom. The van der Waals surface area contributed by atoms with Crippen molar-refractivity contribution in [1.29, 1.82) is 0 Å². The fraction of sp³-hybridized carbons (Fsp3) is 0.647. The maximum atomic E-state index is 14.1. The van der Waals surface area contributed by atoms with Crippen LogP contribution in [-0.4, -0.2) is 43.6 Å². The van der Waals surface area contributed by atoms with E-state index in [1.165, 1.54) is 12.1 Å². The summed E-state index contributed by atoms with van der Waals surface area (Å²) in [5.74, 6) is 0. The molecular weight excluding hydrogens is 353 g/mol. The average molecular weight is 378 g/mol. The second-order valence-corrected chi connectivity index (χ2v) is 8.77. The van der Waals surface area contributed by atoms with E-state index in [2.05, 4.69) is 5.32 Å². The average Bonchev–Trinajstić information content (AvgIpc) is 2.52. The van der Waals surface area contributed by atoms with Gasteiger partial charge in [0.15, 0.2) is 0 Å². The van der Waals surface area contributed by atoms with Crippen LogP contribution in [0.5, 0.6) is 0 Å². The van der Waals surface area contributed by atoms with E-state index in [0.717, 1.165) is 5.56 Å². The highest BCUT2D eigenvalue weighted by molar-refractivity contribution is 7.89. The molecule has 0 bridgehead atoms. The molecule has 0 amide bonds. The third kappa shape index (κ3) is 4.01. The maximum Gasteiger partial charge on any atom is 0.409 e. The molecule has 0 aromatic heterocycles. The summed E-state index contributed by atoms with van der Waals surface area (Å²) in [5.41, 5.74) is -1.57. The van der Waals surface area contributed by atoms with Crippen molar-refractivity contribution in [3.05, 3.63) is 29.8 Å². The van der Waals surface area contributed by atoms with E-state index in [-0.39, 0.29) is 23.9 Å². The molecule has 1 aliphatic rings. The Morgan fingerprint density at radius 3 is 2.32 bits per heavy atom. The molecule has 1 aromatic rings. The summed E-state index contributed by atoms with van der Waals surface area (Å²) < 4.78 is 68.9. The van der Waals surface area contributed by atoms with Gasteiger partial charge in [-0.1, -0.05) is 31.5 Å². The predicted octanol–water partition coefficient (Wildman–Crippen LogP) is 3.47. The number of alkyl halides is 3. The van der Waals surface area contributed by atoms with Crippen LogP contribution in [0.1, 0.15) is 38.7 Å². The summed E-state index contributed by atoms with van der Waals surface area (Å²) in [4.78, 5) is -0.0989. The van der Waals surface area contributed by atoms with Crippen LogP contribution in [0.25, 0.3) is 0 Å². The molecule has 1 fully saturated rings. The van der Waals surface area contributed by atoms with E-state index in [4.69, 9.17) is 0 Å². The lowest BCUT2D eigenvalue weighted by molar-refractivity contribution is -0.224. The second kappa shape index (κ2) is 7.25. The van der Waals surface area contributed by atoms with Gasteiger partial charge in [-0.25, -0.2) is 8.42 Å². The zero-order valence-corrected chi connectivity index (χ0v) is 15.5. The third-order valence-electron chi connectivity index (χ3n) is 4.62. The summed E-state index contributed by atoms with van der Waals surface area (Å²) in [6.45, 7) is 4.70. The SMILES string of the molecule is Cc1ccc(S(=O)(=O)N2CCCCC2(CNC(C)C)C(F)(F)F)cc1. The van der Waals surface area contributed by atoms with Crippen molar-refractivity contribution in [2.24, 2.45) is 0 Å². The molecule has 0 saturated carbocycles. The molecule has 1 atom stereocenters. The van der Waals surface area contributed by atoms with E-state index in [1.54, 1.807) is 32.9 Å². The van der Waals surface area contributed by atoms with E-state index in [0.29, 0.717) is 17.1 Å². The highest BCUT2D eigenvalue weighted by Crippen LogP contribution is 2.44. The molecule has 25 heavy (non-hydrogen) atoms. The van der Waals surface area contributed by atoms with Gasteiger partial charge in [0.05, 0.1) is 4.90 Å². The van der Waals surface area contributed by atoms with Crippen LogP contribution in [0, 0.1) is 6.92 Å². The Balaban J connectivity index is 2.51. The molecule has 1 unspecified atom stereocenters. The van der Waals surface area contributed by atoms with Gasteiger partial charge >= 0.3 is 6.18 Å². The second-order valence-electron chi connectivity index (χ2n) is 6.91. The number of nitrogens with zero attached hydrogens (tertiary/aromatic N) is 1. The molecule has 0 spiro atoms. The van der Waals surface area contributed by atoms with Crippen LogP contribution in [0.15, 0.2) is 29.2 Å². The number of hydrogen-bond donors (Lipinski definition) is 1. The molecule has 1 N–H and O–H groups in total. The smallest absolute Gasteiger partial charge is 0.312 e. The van der Waals surface area contributed by atoms with Gasteiger partial charge in [-0.05, 0) is 38.3 Å². The first-order valence-corrected chi connectivity index (χ1v) is 9.84. The molecule has 1 aliphatic heterocycles. The van der Waals surface area contributed by atoms with Crippen molar-refractivity contribution in [3.8, 4) is 0 Å². The van der Waals surface area contributed by atoms with Crippen LogP contribution in [0.3, 0.4) is 0 Å². The van der Waals surface area contributed by atoms with Crippen molar-refractivity contribution in [2.45, 2.75) is 62.7 Å². The molecule has 2 rings (SSSR count). The Hall–Kier alpha value is -1.12. The minimum atomic E-state index is -4.66. The van der Waals surface area contributed by atoms with Gasteiger partial charge in [-0.2, -0.15) is 17.5 Å². The molecular formula is C17H25F3N2O2S. The van der Waals surface area contributed by atoms with E-state index >= 15 is 0 Å². The first-order valence-electron chi connectivity index (χ1n) is 8.40. The van der Waals surface area contributed by atoms with Crippen LogP contribution in [0.2, 0.25) is 0 Å². The zero-order valence-electron chi connectivity index (χ0n) is 14.7. The van der Waals surface area contributed by atoms with Gasteiger partial charge in [-0.15, -0.1) is 0 Å². The summed E-state index contributed by atoms with van der Waals surface area (Å²) >= 11 is 0. The number of rotatable bonds is 5. The topological polar surface area (TPSA) is 49.4 Å². The van der Waals surface area contributed by atoms with Crippen LogP contribution < -0.4 is 5.32 Å². The third-order valence-corrected chi connectivity index (χ3v) is 6.60. The van der Waals surface area contributed by atoms with Crippen molar-refractivity contribution in [1.82, 2.24) is 9.62 Å². The van der Waals surface area contributed by atoms with Gasteiger partial charge in [0.1, 0.15) is 5.54 Å². The lowest BCUT2D eigenvalue weighted by Crippen LogP contribution is -2.67. The van der Waals surface area contributed by atoms with Crippen molar-refractivity contribution >= 4 is 10.0 Å². The minimum absolute atomic E-state index is 0.0989. The van der Waals surface area contributed by atoms with E-state index < -0.39 is 28.3 Å². The quantitative estimate of drug-likeness (QED) is 0.854. The fourth-order valence-corrected chi connectivity index (χ4v) is 4.96. The summed E-state index contributed by atoms with van der Waals surface area (Å²) in [6, 6.07) is 5.76. The van der Waals surface area contributed by atoms with Crippen molar-refractivity contribution in [2.75, 3.05) is 13.1 Å². The lowest BCUT2D eigenvalue weighted by atomic mass is 9.87. The highest BCUT2D eigenvalue weighted by Gasteiger charge is 2.62. The number of benzene rings is 1. The minimum Gasteiger partial charge on any atom is -0.312 e. The predicted molar refractivity (Wildman–Crippen MR) is 90.8 cm³/mol. The van der Waals surface area contributed by atoms with Gasteiger partial charge in [-0.3, -0.25) is 0 Å². The first kappa shape index (κ1) is 20.2. The van der Waals surface area contributed by atoms with Gasteiger partial charge in [0, 0.05) is 19.1 Å². The van der Waals surface area contributed by atoms with E-state index in [9.17, 15) is 21.6 Å². The Morgan fingerprint density at radius 1 is 1.20 bits per heavy atom. The summed E-state index contributed by atoms with van der Waals surface area (Å²) in [6.07, 6.45) is -4.13. The number of nitrogens with one attached hydrogen (secondary N) is 1. The number of halogens is 3. The van der Waals surface area contributed by atoms with Gasteiger partial charge in [0.2, 0.25) is 10.0 Å². The molecule has 142 valence electrons. The molecule has 0 aliphatic carbocycles. The van der Waals surface area contributed by atoms with Crippen molar-refractivity contribution in [3.63, 3.8) is 0 Å². The molecule has 1 heterocycles. The molecule has 4 nitrogen and oxygen atoms in total. The lowest BCUT2D eigenvalue weighted by Gasteiger charge is -2.47. The molecule has 0 radical (unpaired) electrons. The zero-order chi connectivity index (χ0) is 18.9. The van der Waals surface area contributed by atoms with E-state index in [1.807, 2.05) is 0 Å². The van der Waals surface area contributed by atoms with Crippen molar-refractivity contribution < 1.29 is 21.6 Å². The number of piperidine rings is 1. The standard InChI is InChI=1S/C17H25F3N2O2S/c1-13(2)21-12-16(17(18,19)20)10-4-5-11-22(16)25(23,24)15-8-6-14(3)7-9-15/h6-9,13,21H,4-5,10-12H2,1-3H3. The molecule has 1 saturated heterocycles. The number of hydrogen-bond acceptors (Lipinski definition) is 3.